The molecule has 1 fully saturated rings. The van der Waals surface area contributed by atoms with Crippen LogP contribution in [0.1, 0.15) is 42.6 Å². The maximum atomic E-state index is 12.9. The van der Waals surface area contributed by atoms with E-state index < -0.39 is 0 Å². The number of amides is 1. The molecule has 4 heteroatoms. The van der Waals surface area contributed by atoms with Gasteiger partial charge in [0.25, 0.3) is 5.91 Å². The van der Waals surface area contributed by atoms with Crippen LogP contribution in [0.4, 0.5) is 5.69 Å². The van der Waals surface area contributed by atoms with E-state index in [1.165, 1.54) is 25.7 Å². The second kappa shape index (κ2) is 7.47. The lowest BCUT2D eigenvalue weighted by atomic mass is 10.1. The first-order valence-electron chi connectivity index (χ1n) is 8.71. The predicted molar refractivity (Wildman–Crippen MR) is 97.8 cm³/mol. The first-order valence-corrected chi connectivity index (χ1v) is 8.71. The molecule has 0 aliphatic heterocycles. The molecule has 24 heavy (non-hydrogen) atoms. The lowest BCUT2D eigenvalue weighted by molar-refractivity contribution is -0.114. The first kappa shape index (κ1) is 16.5. The number of nitrogens with one attached hydrogen (secondary N) is 1. The van der Waals surface area contributed by atoms with E-state index in [9.17, 15) is 4.79 Å². The van der Waals surface area contributed by atoms with Crippen molar-refractivity contribution in [1.29, 1.82) is 0 Å². The summed E-state index contributed by atoms with van der Waals surface area (Å²) in [6.07, 6.45) is 8.53. The molecule has 0 spiro atoms. The highest BCUT2D eigenvalue weighted by molar-refractivity contribution is 6.04. The Hall–Kier alpha value is -2.36. The number of nitrogens with zero attached hydrogens (tertiary/aromatic N) is 2. The fraction of sp³-hybridized carbons (Fsp3) is 0.400. The molecule has 1 heterocycles. The molecule has 1 aromatic carbocycles. The van der Waals surface area contributed by atoms with E-state index in [2.05, 4.69) is 10.2 Å². The molecule has 2 aromatic rings. The van der Waals surface area contributed by atoms with Gasteiger partial charge in [0.1, 0.15) is 0 Å². The quantitative estimate of drug-likeness (QED) is 0.836. The van der Waals surface area contributed by atoms with Gasteiger partial charge >= 0.3 is 0 Å². The summed E-state index contributed by atoms with van der Waals surface area (Å²) in [5.74, 6) is 0.617. The van der Waals surface area contributed by atoms with Gasteiger partial charge in [0, 0.05) is 12.6 Å². The van der Waals surface area contributed by atoms with Crippen molar-refractivity contribution in [2.75, 3.05) is 11.4 Å². The summed E-state index contributed by atoms with van der Waals surface area (Å²) in [7, 11) is 0. The second-order valence-corrected chi connectivity index (χ2v) is 6.63. The number of H-pyrrole nitrogens is 1. The van der Waals surface area contributed by atoms with Crippen molar-refractivity contribution < 1.29 is 4.79 Å². The van der Waals surface area contributed by atoms with Crippen molar-refractivity contribution in [3.63, 3.8) is 0 Å². The highest BCUT2D eigenvalue weighted by atomic mass is 16.2. The standard InChI is InChI=1S/C20H25N3O/c1-15-20(16(2)22-21-15)23(14-18-10-6-7-11-18)19(24)13-12-17-8-4-3-5-9-17/h3-5,8-9,12-13,18H,6-7,10-11,14H2,1-2H3,(H,21,22)/b13-12+. The number of hydrogen-bond acceptors (Lipinski definition) is 2. The van der Waals surface area contributed by atoms with Gasteiger partial charge in [-0.1, -0.05) is 43.2 Å². The zero-order valence-corrected chi connectivity index (χ0v) is 14.5. The largest absolute Gasteiger partial charge is 0.305 e. The summed E-state index contributed by atoms with van der Waals surface area (Å²) in [6, 6.07) is 9.93. The Morgan fingerprint density at radius 2 is 1.96 bits per heavy atom. The normalized spacial score (nSPS) is 15.2. The molecule has 1 saturated carbocycles. The molecule has 0 unspecified atom stereocenters. The van der Waals surface area contributed by atoms with E-state index >= 15 is 0 Å². The van der Waals surface area contributed by atoms with Crippen LogP contribution in [0.5, 0.6) is 0 Å². The smallest absolute Gasteiger partial charge is 0.251 e. The molecule has 0 bridgehead atoms. The van der Waals surface area contributed by atoms with Crippen molar-refractivity contribution in [3.05, 3.63) is 53.4 Å². The number of hydrogen-bond donors (Lipinski definition) is 1. The molecule has 0 radical (unpaired) electrons. The van der Waals surface area contributed by atoms with Crippen molar-refractivity contribution in [2.45, 2.75) is 39.5 Å². The summed E-state index contributed by atoms with van der Waals surface area (Å²) < 4.78 is 0. The Morgan fingerprint density at radius 3 is 2.58 bits per heavy atom. The van der Waals surface area contributed by atoms with Crippen LogP contribution in [0.15, 0.2) is 36.4 Å². The van der Waals surface area contributed by atoms with E-state index in [4.69, 9.17) is 0 Å². The molecular formula is C20H25N3O. The van der Waals surface area contributed by atoms with Crippen molar-refractivity contribution >= 4 is 17.7 Å². The van der Waals surface area contributed by atoms with Gasteiger partial charge in [0.2, 0.25) is 0 Å². The van der Waals surface area contributed by atoms with Crippen LogP contribution < -0.4 is 4.90 Å². The number of aromatic nitrogens is 2. The number of aryl methyl sites for hydroxylation is 2. The predicted octanol–water partition coefficient (Wildman–Crippen LogP) is 4.26. The number of carbonyl (C=O) groups excluding carboxylic acids is 1. The SMILES string of the molecule is Cc1n[nH]c(C)c1N(CC1CCCC1)C(=O)/C=C/c1ccccc1. The molecule has 1 aromatic heterocycles. The third-order valence-corrected chi connectivity index (χ3v) is 4.76. The Balaban J connectivity index is 1.83. The number of aromatic amines is 1. The second-order valence-electron chi connectivity index (χ2n) is 6.63. The fourth-order valence-corrected chi connectivity index (χ4v) is 3.51. The number of rotatable bonds is 5. The van der Waals surface area contributed by atoms with Crippen LogP contribution in [0.2, 0.25) is 0 Å². The molecule has 3 rings (SSSR count). The number of carbonyl (C=O) groups is 1. The molecule has 1 aliphatic rings. The lowest BCUT2D eigenvalue weighted by Crippen LogP contribution is -2.34. The maximum absolute atomic E-state index is 12.9. The third-order valence-electron chi connectivity index (χ3n) is 4.76. The van der Waals surface area contributed by atoms with Gasteiger partial charge in [-0.2, -0.15) is 5.10 Å². The van der Waals surface area contributed by atoms with Crippen LogP contribution in [-0.4, -0.2) is 22.6 Å². The molecule has 1 amide bonds. The Morgan fingerprint density at radius 1 is 1.25 bits per heavy atom. The van der Waals surface area contributed by atoms with Gasteiger partial charge in [-0.3, -0.25) is 9.89 Å². The van der Waals surface area contributed by atoms with Crippen LogP contribution in [-0.2, 0) is 4.79 Å². The van der Waals surface area contributed by atoms with Crippen molar-refractivity contribution in [3.8, 4) is 0 Å². The van der Waals surface area contributed by atoms with Gasteiger partial charge < -0.3 is 4.90 Å². The fourth-order valence-electron chi connectivity index (χ4n) is 3.51. The van der Waals surface area contributed by atoms with Gasteiger partial charge in [0.05, 0.1) is 17.1 Å². The molecular weight excluding hydrogens is 298 g/mol. The molecule has 0 atom stereocenters. The Kier molecular flexibility index (Phi) is 5.14. The lowest BCUT2D eigenvalue weighted by Gasteiger charge is -2.25. The average molecular weight is 323 g/mol. The van der Waals surface area contributed by atoms with Gasteiger partial charge in [-0.05, 0) is 44.2 Å². The summed E-state index contributed by atoms with van der Waals surface area (Å²) >= 11 is 0. The van der Waals surface area contributed by atoms with E-state index in [1.54, 1.807) is 6.08 Å². The number of anilines is 1. The van der Waals surface area contributed by atoms with E-state index in [0.29, 0.717) is 5.92 Å². The summed E-state index contributed by atoms with van der Waals surface area (Å²) in [5.41, 5.74) is 3.80. The summed E-state index contributed by atoms with van der Waals surface area (Å²) in [4.78, 5) is 14.8. The molecule has 126 valence electrons. The summed E-state index contributed by atoms with van der Waals surface area (Å²) in [5, 5.41) is 7.27. The third kappa shape index (κ3) is 3.75. The van der Waals surface area contributed by atoms with Gasteiger partial charge in [-0.15, -0.1) is 0 Å². The van der Waals surface area contributed by atoms with Crippen LogP contribution in [0.25, 0.3) is 6.08 Å². The van der Waals surface area contributed by atoms with Crippen LogP contribution in [0.3, 0.4) is 0 Å². The van der Waals surface area contributed by atoms with Gasteiger partial charge in [-0.25, -0.2) is 0 Å². The first-order chi connectivity index (χ1) is 11.6. The zero-order chi connectivity index (χ0) is 16.9. The van der Waals surface area contributed by atoms with Crippen LogP contribution in [0, 0.1) is 19.8 Å². The minimum Gasteiger partial charge on any atom is -0.305 e. The molecule has 1 N–H and O–H groups in total. The Labute approximate surface area is 143 Å². The maximum Gasteiger partial charge on any atom is 0.251 e. The Bertz CT molecular complexity index is 692. The van der Waals surface area contributed by atoms with E-state index in [-0.39, 0.29) is 5.91 Å². The van der Waals surface area contributed by atoms with Crippen molar-refractivity contribution in [2.24, 2.45) is 5.92 Å². The summed E-state index contributed by atoms with van der Waals surface area (Å²) in [6.45, 7) is 4.71. The van der Waals surface area contributed by atoms with Gasteiger partial charge in [0.15, 0.2) is 0 Å². The minimum atomic E-state index is 0.0263. The van der Waals surface area contributed by atoms with E-state index in [0.717, 1.165) is 29.2 Å². The molecule has 4 nitrogen and oxygen atoms in total. The van der Waals surface area contributed by atoms with Crippen molar-refractivity contribution in [1.82, 2.24) is 10.2 Å². The minimum absolute atomic E-state index is 0.0263. The van der Waals surface area contributed by atoms with E-state index in [1.807, 2.05) is 55.2 Å². The van der Waals surface area contributed by atoms with Crippen LogP contribution >= 0.6 is 0 Å². The monoisotopic (exact) mass is 323 g/mol. The average Bonchev–Trinajstić information content (AvgIpc) is 3.22. The zero-order valence-electron chi connectivity index (χ0n) is 14.5. The molecule has 1 aliphatic carbocycles. The number of benzene rings is 1. The molecule has 0 saturated heterocycles. The topological polar surface area (TPSA) is 49.0 Å². The highest BCUT2D eigenvalue weighted by Crippen LogP contribution is 2.30. The highest BCUT2D eigenvalue weighted by Gasteiger charge is 2.25.